The van der Waals surface area contributed by atoms with E-state index >= 15 is 0 Å². The van der Waals surface area contributed by atoms with E-state index < -0.39 is 12.2 Å². The highest BCUT2D eigenvalue weighted by Crippen LogP contribution is 2.29. The van der Waals surface area contributed by atoms with Crippen LogP contribution >= 0.6 is 11.3 Å². The van der Waals surface area contributed by atoms with Crippen molar-refractivity contribution in [1.82, 2.24) is 20.5 Å². The van der Waals surface area contributed by atoms with Gasteiger partial charge in [-0.15, -0.1) is 11.3 Å². The molecule has 0 radical (unpaired) electrons. The van der Waals surface area contributed by atoms with Gasteiger partial charge in [-0.05, 0) is 54.3 Å². The van der Waals surface area contributed by atoms with E-state index in [1.54, 1.807) is 18.2 Å². The van der Waals surface area contributed by atoms with E-state index in [1.807, 2.05) is 60.7 Å². The first-order valence-corrected chi connectivity index (χ1v) is 17.1. The smallest absolute Gasteiger partial charge is 0.411 e. The van der Waals surface area contributed by atoms with Gasteiger partial charge in [0.2, 0.25) is 5.56 Å². The van der Waals surface area contributed by atoms with Gasteiger partial charge in [-0.2, -0.15) is 0 Å². The normalized spacial score (nSPS) is 14.4. The van der Waals surface area contributed by atoms with Crippen LogP contribution in [0.15, 0.2) is 95.8 Å². The summed E-state index contributed by atoms with van der Waals surface area (Å²) in [5, 5.41) is 30.6. The summed E-state index contributed by atoms with van der Waals surface area (Å²) in [6.07, 6.45) is -0.0476. The second-order valence-electron chi connectivity index (χ2n) is 11.9. The lowest BCUT2D eigenvalue weighted by Crippen LogP contribution is -2.42. The van der Waals surface area contributed by atoms with Gasteiger partial charge in [0.05, 0.1) is 22.2 Å². The third-order valence-electron chi connectivity index (χ3n) is 8.56. The number of hydrogen-bond acceptors (Lipinski definition) is 9. The van der Waals surface area contributed by atoms with E-state index in [1.165, 1.54) is 23.5 Å². The van der Waals surface area contributed by atoms with Crippen LogP contribution in [0.3, 0.4) is 0 Å². The zero-order valence-electron chi connectivity index (χ0n) is 26.9. The number of carbonyl (C=O) groups is 2. The van der Waals surface area contributed by atoms with Gasteiger partial charge >= 0.3 is 6.09 Å². The minimum Gasteiger partial charge on any atom is -0.506 e. The lowest BCUT2D eigenvalue weighted by atomic mass is 10.0. The number of para-hydroxylation sites is 1. The number of phenolic OH excluding ortho intramolecular Hbond substituents is 1. The molecule has 11 nitrogen and oxygen atoms in total. The Kier molecular flexibility index (Phi) is 11.0. The number of aliphatic hydroxyl groups is 1. The number of nitrogens with zero attached hydrogens (tertiary/aromatic N) is 1. The maximum Gasteiger partial charge on any atom is 0.411 e. The Hall–Kier alpha value is -5.01. The number of benzene rings is 3. The van der Waals surface area contributed by atoms with Gasteiger partial charge in [0.1, 0.15) is 11.9 Å². The molecule has 1 saturated heterocycles. The van der Waals surface area contributed by atoms with Gasteiger partial charge in [0.25, 0.3) is 5.91 Å². The van der Waals surface area contributed by atoms with Crippen molar-refractivity contribution in [3.63, 3.8) is 0 Å². The topological polar surface area (TPSA) is 156 Å². The monoisotopic (exact) mass is 681 g/mol. The summed E-state index contributed by atoms with van der Waals surface area (Å²) in [5.41, 5.74) is 3.21. The van der Waals surface area contributed by atoms with Gasteiger partial charge in [-0.25, -0.2) is 4.79 Å². The van der Waals surface area contributed by atoms with E-state index in [4.69, 9.17) is 4.74 Å². The van der Waals surface area contributed by atoms with Crippen LogP contribution < -0.4 is 21.5 Å². The number of piperidine rings is 1. The number of aromatic hydroxyl groups is 1. The van der Waals surface area contributed by atoms with Crippen molar-refractivity contribution < 1.29 is 24.5 Å². The highest BCUT2D eigenvalue weighted by atomic mass is 32.1. The van der Waals surface area contributed by atoms with E-state index in [0.717, 1.165) is 41.9 Å². The molecule has 254 valence electrons. The van der Waals surface area contributed by atoms with E-state index in [-0.39, 0.29) is 35.4 Å². The lowest BCUT2D eigenvalue weighted by molar-refractivity contribution is 0.0587. The number of phenols is 1. The van der Waals surface area contributed by atoms with Crippen LogP contribution in [0.5, 0.6) is 5.75 Å². The van der Waals surface area contributed by atoms with Crippen LogP contribution in [0.1, 0.15) is 39.1 Å². The van der Waals surface area contributed by atoms with Gasteiger partial charge in [0.15, 0.2) is 0 Å². The van der Waals surface area contributed by atoms with Crippen molar-refractivity contribution in [3.8, 4) is 16.9 Å². The molecule has 2 aromatic heterocycles. The predicted octanol–water partition coefficient (Wildman–Crippen LogP) is 5.23. The number of hydrogen-bond donors (Lipinski definition) is 6. The number of fused-ring (bicyclic) bond motifs is 1. The van der Waals surface area contributed by atoms with Crippen molar-refractivity contribution in [2.45, 2.75) is 31.6 Å². The SMILES string of the molecule is O=C(Nc1ccccc1-c1ccccc1)OC1CCN(CCNC(=O)c2ccc(CNC[C@@H](O)c3ccc(O)c4[nH]c(=O)ccc34)s2)CC1. The first-order valence-electron chi connectivity index (χ1n) is 16.3. The standard InChI is InChI=1S/C37H39N5O6S/c43-31-13-11-28(29-12-15-34(45)41-35(29)31)32(44)23-38-22-26-10-14-33(49-26)36(46)39-18-21-42-19-16-25(17-20-42)48-37(47)40-30-9-5-4-8-27(30)24-6-2-1-3-7-24/h1-15,25,32,38,43-44H,16-23H2,(H,39,46)(H,40,47)(H,41,45)/t32-/m1/s1. The Balaban J connectivity index is 0.889. The number of aliphatic hydroxyl groups excluding tert-OH is 1. The first-order chi connectivity index (χ1) is 23.8. The van der Waals surface area contributed by atoms with E-state index in [2.05, 4.69) is 25.8 Å². The summed E-state index contributed by atoms with van der Waals surface area (Å²) in [7, 11) is 0. The van der Waals surface area contributed by atoms with Crippen LogP contribution in [-0.2, 0) is 11.3 Å². The fourth-order valence-electron chi connectivity index (χ4n) is 6.00. The zero-order valence-corrected chi connectivity index (χ0v) is 27.7. The summed E-state index contributed by atoms with van der Waals surface area (Å²) in [5.74, 6) is -0.189. The number of thiophene rings is 1. The van der Waals surface area contributed by atoms with Crippen LogP contribution in [-0.4, -0.2) is 70.9 Å². The number of carbonyl (C=O) groups excluding carboxylic acids is 2. The maximum absolute atomic E-state index is 12.8. The summed E-state index contributed by atoms with van der Waals surface area (Å²) < 4.78 is 5.74. The number of pyridine rings is 1. The number of amides is 2. The van der Waals surface area contributed by atoms with Crippen molar-refractivity contribution in [2.24, 2.45) is 0 Å². The molecule has 1 aliphatic rings. The number of likely N-dealkylation sites (tertiary alicyclic amines) is 1. The fourth-order valence-corrected chi connectivity index (χ4v) is 6.90. The van der Waals surface area contributed by atoms with Crippen LogP contribution in [0.25, 0.3) is 22.0 Å². The lowest BCUT2D eigenvalue weighted by Gasteiger charge is -2.31. The molecule has 5 aromatic rings. The molecule has 3 heterocycles. The molecule has 0 spiro atoms. The minimum absolute atomic E-state index is 0.0566. The summed E-state index contributed by atoms with van der Waals surface area (Å²) in [6.45, 7) is 3.46. The molecule has 49 heavy (non-hydrogen) atoms. The van der Waals surface area contributed by atoms with Crippen LogP contribution in [0, 0.1) is 0 Å². The number of aromatic amines is 1. The highest BCUT2D eigenvalue weighted by Gasteiger charge is 2.23. The van der Waals surface area contributed by atoms with Crippen LogP contribution in [0.4, 0.5) is 10.5 Å². The summed E-state index contributed by atoms with van der Waals surface area (Å²) >= 11 is 1.39. The minimum atomic E-state index is -0.868. The van der Waals surface area contributed by atoms with Crippen molar-refractivity contribution in [1.29, 1.82) is 0 Å². The average molecular weight is 682 g/mol. The fraction of sp³-hybridized carbons (Fsp3) is 0.270. The molecule has 0 saturated carbocycles. The van der Waals surface area contributed by atoms with Gasteiger partial charge in [-0.3, -0.25) is 14.9 Å². The number of aromatic nitrogens is 1. The maximum atomic E-state index is 12.8. The molecule has 2 amide bonds. The second kappa shape index (κ2) is 15.9. The zero-order chi connectivity index (χ0) is 34.2. The molecule has 0 unspecified atom stereocenters. The van der Waals surface area contributed by atoms with Gasteiger partial charge in [0, 0.05) is 61.2 Å². The number of ether oxygens (including phenoxy) is 1. The molecule has 0 bridgehead atoms. The van der Waals surface area contributed by atoms with Crippen molar-refractivity contribution in [3.05, 3.63) is 117 Å². The molecular weight excluding hydrogens is 643 g/mol. The summed E-state index contributed by atoms with van der Waals surface area (Å²) in [4.78, 5) is 43.6. The highest BCUT2D eigenvalue weighted by molar-refractivity contribution is 7.14. The number of nitrogens with one attached hydrogen (secondary N) is 4. The van der Waals surface area contributed by atoms with Crippen molar-refractivity contribution >= 4 is 39.9 Å². The molecule has 12 heteroatoms. The molecule has 1 atom stereocenters. The summed E-state index contributed by atoms with van der Waals surface area (Å²) in [6, 6.07) is 27.3. The molecule has 6 rings (SSSR count). The Labute approximate surface area is 287 Å². The molecule has 1 aliphatic heterocycles. The Morgan fingerprint density at radius 2 is 1.73 bits per heavy atom. The molecule has 0 aliphatic carbocycles. The number of H-pyrrole nitrogens is 1. The Bertz CT molecular complexity index is 1950. The molecule has 1 fully saturated rings. The molecule has 3 aromatic carbocycles. The average Bonchev–Trinajstić information content (AvgIpc) is 3.59. The van der Waals surface area contributed by atoms with E-state index in [0.29, 0.717) is 41.1 Å². The Morgan fingerprint density at radius 1 is 0.959 bits per heavy atom. The predicted molar refractivity (Wildman–Crippen MR) is 191 cm³/mol. The van der Waals surface area contributed by atoms with Gasteiger partial charge in [-0.1, -0.05) is 54.6 Å². The first kappa shape index (κ1) is 33.9. The number of rotatable bonds is 12. The van der Waals surface area contributed by atoms with Gasteiger partial charge < -0.3 is 35.5 Å². The third-order valence-corrected chi connectivity index (χ3v) is 9.64. The number of anilines is 1. The quantitative estimate of drug-likeness (QED) is 0.105. The second-order valence-corrected chi connectivity index (χ2v) is 13.1. The van der Waals surface area contributed by atoms with E-state index in [9.17, 15) is 24.6 Å². The molecular formula is C37H39N5O6S. The third kappa shape index (κ3) is 8.72. The Morgan fingerprint density at radius 3 is 2.55 bits per heavy atom. The largest absolute Gasteiger partial charge is 0.506 e. The van der Waals surface area contributed by atoms with Crippen LogP contribution in [0.2, 0.25) is 0 Å². The molecule has 6 N–H and O–H groups in total. The van der Waals surface area contributed by atoms with Crippen molar-refractivity contribution in [2.75, 3.05) is 38.0 Å².